The lowest BCUT2D eigenvalue weighted by molar-refractivity contribution is -0.125. The van der Waals surface area contributed by atoms with Gasteiger partial charge < -0.3 is 11.1 Å². The van der Waals surface area contributed by atoms with Crippen LogP contribution >= 0.6 is 0 Å². The molecule has 0 aromatic heterocycles. The molecule has 1 aromatic rings. The fourth-order valence-corrected chi connectivity index (χ4v) is 2.74. The van der Waals surface area contributed by atoms with Gasteiger partial charge in [0.1, 0.15) is 11.6 Å². The fourth-order valence-electron chi connectivity index (χ4n) is 2.74. The lowest BCUT2D eigenvalue weighted by Gasteiger charge is -2.30. The van der Waals surface area contributed by atoms with Gasteiger partial charge in [-0.15, -0.1) is 0 Å². The second kappa shape index (κ2) is 6.65. The van der Waals surface area contributed by atoms with Gasteiger partial charge >= 0.3 is 0 Å². The summed E-state index contributed by atoms with van der Waals surface area (Å²) in [7, 11) is 0. The minimum Gasteiger partial charge on any atom is -0.369 e. The van der Waals surface area contributed by atoms with Gasteiger partial charge in [-0.05, 0) is 24.5 Å². The third kappa shape index (κ3) is 4.00. The molecule has 0 radical (unpaired) electrons. The van der Waals surface area contributed by atoms with E-state index in [1.165, 1.54) is 6.07 Å². The van der Waals surface area contributed by atoms with Crippen molar-refractivity contribution in [3.8, 4) is 0 Å². The number of hydrogen-bond donors (Lipinski definition) is 2. The SMILES string of the molecule is NC(=O)C1CCCCC1NC(=O)Cc1ccc(F)cc1F. The molecule has 2 amide bonds. The summed E-state index contributed by atoms with van der Waals surface area (Å²) in [5.41, 5.74) is 5.46. The van der Waals surface area contributed by atoms with E-state index in [-0.39, 0.29) is 23.9 Å². The zero-order chi connectivity index (χ0) is 15.4. The normalized spacial score (nSPS) is 21.8. The van der Waals surface area contributed by atoms with Crippen LogP contribution in [0.1, 0.15) is 31.2 Å². The average Bonchev–Trinajstić information content (AvgIpc) is 2.42. The maximum Gasteiger partial charge on any atom is 0.224 e. The van der Waals surface area contributed by atoms with Crippen LogP contribution in [0.4, 0.5) is 8.78 Å². The predicted octanol–water partition coefficient (Wildman–Crippen LogP) is 1.67. The molecular formula is C15H18F2N2O2. The zero-order valence-corrected chi connectivity index (χ0v) is 11.6. The Labute approximate surface area is 121 Å². The van der Waals surface area contributed by atoms with Crippen LogP contribution in [0.5, 0.6) is 0 Å². The van der Waals surface area contributed by atoms with Gasteiger partial charge in [-0.1, -0.05) is 18.9 Å². The number of nitrogens with one attached hydrogen (secondary N) is 1. The van der Waals surface area contributed by atoms with Crippen molar-refractivity contribution in [1.29, 1.82) is 0 Å². The van der Waals surface area contributed by atoms with Crippen LogP contribution in [0.15, 0.2) is 18.2 Å². The van der Waals surface area contributed by atoms with Gasteiger partial charge in [0.05, 0.1) is 12.3 Å². The Hall–Kier alpha value is -1.98. The van der Waals surface area contributed by atoms with Crippen molar-refractivity contribution in [2.75, 3.05) is 0 Å². The summed E-state index contributed by atoms with van der Waals surface area (Å²) in [5.74, 6) is -2.62. The molecule has 0 aliphatic heterocycles. The summed E-state index contributed by atoms with van der Waals surface area (Å²) in [6.07, 6.45) is 2.98. The van der Waals surface area contributed by atoms with E-state index in [2.05, 4.69) is 5.32 Å². The Morgan fingerprint density at radius 2 is 1.95 bits per heavy atom. The number of primary amides is 1. The molecule has 1 aliphatic carbocycles. The van der Waals surface area contributed by atoms with Gasteiger partial charge in [-0.3, -0.25) is 9.59 Å². The van der Waals surface area contributed by atoms with Gasteiger partial charge in [0.25, 0.3) is 0 Å². The predicted molar refractivity (Wildman–Crippen MR) is 73.1 cm³/mol. The molecule has 1 aromatic carbocycles. The standard InChI is InChI=1S/C15H18F2N2O2/c16-10-6-5-9(12(17)8-10)7-14(20)19-13-4-2-1-3-11(13)15(18)21/h5-6,8,11,13H,1-4,7H2,(H2,18,21)(H,19,20). The molecule has 0 bridgehead atoms. The van der Waals surface area contributed by atoms with E-state index >= 15 is 0 Å². The van der Waals surface area contributed by atoms with E-state index in [0.29, 0.717) is 12.8 Å². The Bertz CT molecular complexity index is 548. The number of hydrogen-bond acceptors (Lipinski definition) is 2. The molecule has 2 atom stereocenters. The van der Waals surface area contributed by atoms with Crippen LogP contribution in [-0.4, -0.2) is 17.9 Å². The molecule has 1 fully saturated rings. The van der Waals surface area contributed by atoms with E-state index < -0.39 is 23.4 Å². The molecule has 0 spiro atoms. The quantitative estimate of drug-likeness (QED) is 0.887. The number of carbonyl (C=O) groups excluding carboxylic acids is 2. The van der Waals surface area contributed by atoms with Crippen molar-refractivity contribution in [1.82, 2.24) is 5.32 Å². The van der Waals surface area contributed by atoms with E-state index in [1.54, 1.807) is 0 Å². The van der Waals surface area contributed by atoms with Crippen LogP contribution in [0.25, 0.3) is 0 Å². The average molecular weight is 296 g/mol. The largest absolute Gasteiger partial charge is 0.369 e. The lowest BCUT2D eigenvalue weighted by Crippen LogP contribution is -2.47. The first-order valence-electron chi connectivity index (χ1n) is 7.00. The fraction of sp³-hybridized carbons (Fsp3) is 0.467. The molecule has 2 rings (SSSR count). The number of carbonyl (C=O) groups is 2. The Balaban J connectivity index is 1.98. The summed E-state index contributed by atoms with van der Waals surface area (Å²) in [6.45, 7) is 0. The van der Waals surface area contributed by atoms with Crippen molar-refractivity contribution < 1.29 is 18.4 Å². The molecule has 1 saturated carbocycles. The highest BCUT2D eigenvalue weighted by Crippen LogP contribution is 2.24. The third-order valence-electron chi connectivity index (χ3n) is 3.84. The van der Waals surface area contributed by atoms with Crippen molar-refractivity contribution in [2.24, 2.45) is 11.7 Å². The van der Waals surface area contributed by atoms with Crippen LogP contribution in [0.3, 0.4) is 0 Å². The van der Waals surface area contributed by atoms with Gasteiger partial charge in [0, 0.05) is 12.1 Å². The summed E-state index contributed by atoms with van der Waals surface area (Å²) in [6, 6.07) is 2.80. The first kappa shape index (κ1) is 15.4. The molecule has 3 N–H and O–H groups in total. The van der Waals surface area contributed by atoms with Crippen LogP contribution < -0.4 is 11.1 Å². The number of nitrogens with two attached hydrogens (primary N) is 1. The van der Waals surface area contributed by atoms with Crippen molar-refractivity contribution in [2.45, 2.75) is 38.1 Å². The molecule has 0 saturated heterocycles. The van der Waals surface area contributed by atoms with Crippen LogP contribution in [0, 0.1) is 17.6 Å². The monoisotopic (exact) mass is 296 g/mol. The molecule has 21 heavy (non-hydrogen) atoms. The third-order valence-corrected chi connectivity index (χ3v) is 3.84. The van der Waals surface area contributed by atoms with Crippen molar-refractivity contribution in [3.63, 3.8) is 0 Å². The van der Waals surface area contributed by atoms with Gasteiger partial charge in [0.2, 0.25) is 11.8 Å². The number of benzene rings is 1. The highest BCUT2D eigenvalue weighted by atomic mass is 19.1. The molecule has 114 valence electrons. The second-order valence-electron chi connectivity index (χ2n) is 5.38. The Morgan fingerprint density at radius 1 is 1.24 bits per heavy atom. The van der Waals surface area contributed by atoms with E-state index in [0.717, 1.165) is 25.0 Å². The molecule has 1 aliphatic rings. The summed E-state index contributed by atoms with van der Waals surface area (Å²) in [5, 5.41) is 2.74. The summed E-state index contributed by atoms with van der Waals surface area (Å²) in [4.78, 5) is 23.3. The first-order valence-corrected chi connectivity index (χ1v) is 7.00. The topological polar surface area (TPSA) is 72.2 Å². The number of amides is 2. The Kier molecular flexibility index (Phi) is 4.88. The van der Waals surface area contributed by atoms with E-state index in [9.17, 15) is 18.4 Å². The molecule has 0 heterocycles. The molecule has 4 nitrogen and oxygen atoms in total. The van der Waals surface area contributed by atoms with Crippen LogP contribution in [-0.2, 0) is 16.0 Å². The Morgan fingerprint density at radius 3 is 2.62 bits per heavy atom. The first-order chi connectivity index (χ1) is 9.97. The summed E-state index contributed by atoms with van der Waals surface area (Å²) < 4.78 is 26.3. The van der Waals surface area contributed by atoms with Gasteiger partial charge in [-0.2, -0.15) is 0 Å². The molecule has 2 unspecified atom stereocenters. The maximum absolute atomic E-state index is 13.5. The highest BCUT2D eigenvalue weighted by Gasteiger charge is 2.30. The summed E-state index contributed by atoms with van der Waals surface area (Å²) >= 11 is 0. The minimum absolute atomic E-state index is 0.125. The van der Waals surface area contributed by atoms with Gasteiger partial charge in [0.15, 0.2) is 0 Å². The molecule has 6 heteroatoms. The number of rotatable bonds is 4. The van der Waals surface area contributed by atoms with E-state index in [1.807, 2.05) is 0 Å². The number of halogens is 2. The second-order valence-corrected chi connectivity index (χ2v) is 5.38. The van der Waals surface area contributed by atoms with Crippen LogP contribution in [0.2, 0.25) is 0 Å². The van der Waals surface area contributed by atoms with Crippen molar-refractivity contribution >= 4 is 11.8 Å². The van der Waals surface area contributed by atoms with Crippen molar-refractivity contribution in [3.05, 3.63) is 35.4 Å². The lowest BCUT2D eigenvalue weighted by atomic mass is 9.84. The minimum atomic E-state index is -0.750. The van der Waals surface area contributed by atoms with E-state index in [4.69, 9.17) is 5.73 Å². The smallest absolute Gasteiger partial charge is 0.224 e. The highest BCUT2D eigenvalue weighted by molar-refractivity contribution is 5.81. The van der Waals surface area contributed by atoms with Gasteiger partial charge in [-0.25, -0.2) is 8.78 Å². The molecular weight excluding hydrogens is 278 g/mol. The zero-order valence-electron chi connectivity index (χ0n) is 11.6. The maximum atomic E-state index is 13.5.